The van der Waals surface area contributed by atoms with E-state index in [0.29, 0.717) is 19.3 Å². The minimum atomic E-state index is 0.696. The molecule has 16 heavy (non-hydrogen) atoms. The van der Waals surface area contributed by atoms with E-state index >= 15 is 0 Å². The molecule has 0 amide bonds. The fourth-order valence-corrected chi connectivity index (χ4v) is 2.87. The normalized spacial score (nSPS) is 23.2. The summed E-state index contributed by atoms with van der Waals surface area (Å²) in [7, 11) is 1.71. The lowest BCUT2D eigenvalue weighted by Gasteiger charge is -2.28. The standard InChI is InChI=1S/C12H24BrNO2/c1-15-9-10-16-8-7-14-6-4-2-3-5-12(14)11-13/h12H,2-11H2,1H3. The maximum Gasteiger partial charge on any atom is 0.0700 e. The molecule has 1 fully saturated rings. The third-order valence-corrected chi connectivity index (χ3v) is 3.88. The van der Waals surface area contributed by atoms with Crippen LogP contribution in [0.25, 0.3) is 0 Å². The van der Waals surface area contributed by atoms with Gasteiger partial charge in [0.25, 0.3) is 0 Å². The van der Waals surface area contributed by atoms with Crippen molar-refractivity contribution in [2.45, 2.75) is 31.7 Å². The van der Waals surface area contributed by atoms with Crippen LogP contribution >= 0.6 is 15.9 Å². The molecule has 0 aromatic carbocycles. The molecule has 0 saturated carbocycles. The van der Waals surface area contributed by atoms with Crippen molar-refractivity contribution in [1.29, 1.82) is 0 Å². The van der Waals surface area contributed by atoms with E-state index in [0.717, 1.165) is 18.5 Å². The topological polar surface area (TPSA) is 21.7 Å². The summed E-state index contributed by atoms with van der Waals surface area (Å²) in [6, 6.07) is 0.702. The highest BCUT2D eigenvalue weighted by Crippen LogP contribution is 2.17. The summed E-state index contributed by atoms with van der Waals surface area (Å²) < 4.78 is 10.5. The van der Waals surface area contributed by atoms with Crippen LogP contribution < -0.4 is 0 Å². The summed E-state index contributed by atoms with van der Waals surface area (Å²) in [6.07, 6.45) is 5.41. The van der Waals surface area contributed by atoms with E-state index in [-0.39, 0.29) is 0 Å². The maximum absolute atomic E-state index is 5.53. The van der Waals surface area contributed by atoms with Crippen LogP contribution in [0.4, 0.5) is 0 Å². The molecule has 4 heteroatoms. The Bertz CT molecular complexity index is 169. The van der Waals surface area contributed by atoms with Crippen molar-refractivity contribution in [3.05, 3.63) is 0 Å². The largest absolute Gasteiger partial charge is 0.382 e. The van der Waals surface area contributed by atoms with Crippen molar-refractivity contribution in [2.75, 3.05) is 45.4 Å². The molecule has 1 aliphatic heterocycles. The molecule has 1 aliphatic rings. The SMILES string of the molecule is COCCOCCN1CCCCCC1CBr. The zero-order valence-corrected chi connectivity index (χ0v) is 11.9. The maximum atomic E-state index is 5.53. The fraction of sp³-hybridized carbons (Fsp3) is 1.00. The molecule has 1 rings (SSSR count). The first-order valence-electron chi connectivity index (χ1n) is 6.25. The Labute approximate surface area is 108 Å². The zero-order valence-electron chi connectivity index (χ0n) is 10.3. The fourth-order valence-electron chi connectivity index (χ4n) is 2.13. The molecule has 0 aromatic heterocycles. The van der Waals surface area contributed by atoms with Gasteiger partial charge in [-0.3, -0.25) is 4.90 Å². The predicted octanol–water partition coefficient (Wildman–Crippen LogP) is 2.29. The van der Waals surface area contributed by atoms with Gasteiger partial charge in [0.1, 0.15) is 0 Å². The van der Waals surface area contributed by atoms with E-state index in [1.807, 2.05) is 0 Å². The van der Waals surface area contributed by atoms with E-state index in [1.165, 1.54) is 32.2 Å². The average Bonchev–Trinajstić information content (AvgIpc) is 2.53. The molecular formula is C12H24BrNO2. The van der Waals surface area contributed by atoms with Gasteiger partial charge in [0.2, 0.25) is 0 Å². The van der Waals surface area contributed by atoms with Crippen LogP contribution in [0.2, 0.25) is 0 Å². The van der Waals surface area contributed by atoms with E-state index in [2.05, 4.69) is 20.8 Å². The highest BCUT2D eigenvalue weighted by atomic mass is 79.9. The summed E-state index contributed by atoms with van der Waals surface area (Å²) in [5.41, 5.74) is 0. The van der Waals surface area contributed by atoms with Gasteiger partial charge in [-0.05, 0) is 19.4 Å². The number of methoxy groups -OCH3 is 1. The molecule has 1 unspecified atom stereocenters. The molecular weight excluding hydrogens is 270 g/mol. The zero-order chi connectivity index (χ0) is 11.6. The number of hydrogen-bond acceptors (Lipinski definition) is 3. The molecule has 0 bridgehead atoms. The second-order valence-corrected chi connectivity index (χ2v) is 4.95. The Hall–Kier alpha value is 0.360. The number of rotatable bonds is 7. The van der Waals surface area contributed by atoms with Crippen LogP contribution in [0.15, 0.2) is 0 Å². The van der Waals surface area contributed by atoms with Crippen LogP contribution in [0, 0.1) is 0 Å². The molecule has 0 spiro atoms. The monoisotopic (exact) mass is 293 g/mol. The highest BCUT2D eigenvalue weighted by Gasteiger charge is 2.19. The van der Waals surface area contributed by atoms with Crippen molar-refractivity contribution >= 4 is 15.9 Å². The number of hydrogen-bond donors (Lipinski definition) is 0. The predicted molar refractivity (Wildman–Crippen MR) is 70.3 cm³/mol. The van der Waals surface area contributed by atoms with Gasteiger partial charge in [0.15, 0.2) is 0 Å². The molecule has 0 aromatic rings. The molecule has 3 nitrogen and oxygen atoms in total. The van der Waals surface area contributed by atoms with Crippen LogP contribution in [-0.2, 0) is 9.47 Å². The molecule has 96 valence electrons. The highest BCUT2D eigenvalue weighted by molar-refractivity contribution is 9.09. The van der Waals surface area contributed by atoms with Crippen molar-refractivity contribution in [1.82, 2.24) is 4.90 Å². The summed E-state index contributed by atoms with van der Waals surface area (Å²) >= 11 is 3.62. The Morgan fingerprint density at radius 2 is 2.06 bits per heavy atom. The Balaban J connectivity index is 2.15. The van der Waals surface area contributed by atoms with Gasteiger partial charge < -0.3 is 9.47 Å². The number of alkyl halides is 1. The van der Waals surface area contributed by atoms with Crippen LogP contribution in [-0.4, -0.2) is 56.3 Å². The van der Waals surface area contributed by atoms with Gasteiger partial charge in [0, 0.05) is 25.0 Å². The van der Waals surface area contributed by atoms with Crippen molar-refractivity contribution in [3.63, 3.8) is 0 Å². The smallest absolute Gasteiger partial charge is 0.0700 e. The lowest BCUT2D eigenvalue weighted by molar-refractivity contribution is 0.0519. The van der Waals surface area contributed by atoms with Crippen molar-refractivity contribution in [3.8, 4) is 0 Å². The van der Waals surface area contributed by atoms with Crippen molar-refractivity contribution < 1.29 is 9.47 Å². The lowest BCUT2D eigenvalue weighted by atomic mass is 10.1. The van der Waals surface area contributed by atoms with E-state index < -0.39 is 0 Å². The van der Waals surface area contributed by atoms with Crippen LogP contribution in [0.5, 0.6) is 0 Å². The number of nitrogens with zero attached hydrogens (tertiary/aromatic N) is 1. The summed E-state index contributed by atoms with van der Waals surface area (Å²) in [6.45, 7) is 4.52. The number of ether oxygens (including phenoxy) is 2. The molecule has 0 radical (unpaired) electrons. The van der Waals surface area contributed by atoms with Gasteiger partial charge in [0.05, 0.1) is 19.8 Å². The van der Waals surface area contributed by atoms with Gasteiger partial charge in [-0.1, -0.05) is 28.8 Å². The Kier molecular flexibility index (Phi) is 8.47. The first-order valence-corrected chi connectivity index (χ1v) is 7.37. The lowest BCUT2D eigenvalue weighted by Crippen LogP contribution is -2.38. The van der Waals surface area contributed by atoms with Crippen LogP contribution in [0.3, 0.4) is 0 Å². The third kappa shape index (κ3) is 5.62. The number of halogens is 1. The second kappa shape index (κ2) is 9.40. The van der Waals surface area contributed by atoms with Gasteiger partial charge in [-0.2, -0.15) is 0 Å². The van der Waals surface area contributed by atoms with Gasteiger partial charge in [-0.15, -0.1) is 0 Å². The first-order chi connectivity index (χ1) is 7.88. The quantitative estimate of drug-likeness (QED) is 0.531. The summed E-state index contributed by atoms with van der Waals surface area (Å²) in [5, 5.41) is 1.09. The summed E-state index contributed by atoms with van der Waals surface area (Å²) in [5.74, 6) is 0. The summed E-state index contributed by atoms with van der Waals surface area (Å²) in [4.78, 5) is 2.56. The van der Waals surface area contributed by atoms with E-state index in [4.69, 9.17) is 9.47 Å². The van der Waals surface area contributed by atoms with Crippen LogP contribution in [0.1, 0.15) is 25.7 Å². The minimum absolute atomic E-state index is 0.696. The van der Waals surface area contributed by atoms with E-state index in [1.54, 1.807) is 7.11 Å². The molecule has 1 atom stereocenters. The second-order valence-electron chi connectivity index (χ2n) is 4.30. The Morgan fingerprint density at radius 3 is 2.81 bits per heavy atom. The molecule has 1 heterocycles. The average molecular weight is 294 g/mol. The van der Waals surface area contributed by atoms with Crippen molar-refractivity contribution in [2.24, 2.45) is 0 Å². The Morgan fingerprint density at radius 1 is 1.19 bits per heavy atom. The molecule has 0 aliphatic carbocycles. The first kappa shape index (κ1) is 14.4. The molecule has 1 saturated heterocycles. The number of likely N-dealkylation sites (tertiary alicyclic amines) is 1. The van der Waals surface area contributed by atoms with Gasteiger partial charge >= 0.3 is 0 Å². The van der Waals surface area contributed by atoms with E-state index in [9.17, 15) is 0 Å². The molecule has 0 N–H and O–H groups in total. The van der Waals surface area contributed by atoms with Gasteiger partial charge in [-0.25, -0.2) is 0 Å². The minimum Gasteiger partial charge on any atom is -0.382 e. The third-order valence-electron chi connectivity index (χ3n) is 3.13.